The minimum atomic E-state index is -0.361. The SMILES string of the molecule is C=Cc1cccc(C(=O)Oc2ccccc2)c1. The molecule has 0 heterocycles. The van der Waals surface area contributed by atoms with Crippen molar-refractivity contribution in [2.75, 3.05) is 0 Å². The normalized spacial score (nSPS) is 9.65. The molecule has 2 aromatic rings. The fourth-order valence-corrected chi connectivity index (χ4v) is 1.45. The molecule has 0 aliphatic rings. The first-order valence-electron chi connectivity index (χ1n) is 5.29. The van der Waals surface area contributed by atoms with Crippen LogP contribution < -0.4 is 4.74 Å². The van der Waals surface area contributed by atoms with Gasteiger partial charge in [0.15, 0.2) is 0 Å². The summed E-state index contributed by atoms with van der Waals surface area (Å²) in [6.07, 6.45) is 1.69. The first-order chi connectivity index (χ1) is 8.29. The number of para-hydroxylation sites is 1. The van der Waals surface area contributed by atoms with E-state index in [9.17, 15) is 4.79 Å². The molecule has 2 nitrogen and oxygen atoms in total. The fraction of sp³-hybridized carbons (Fsp3) is 0. The van der Waals surface area contributed by atoms with Crippen LogP contribution >= 0.6 is 0 Å². The Morgan fingerprint density at radius 1 is 1.06 bits per heavy atom. The van der Waals surface area contributed by atoms with E-state index >= 15 is 0 Å². The van der Waals surface area contributed by atoms with Gasteiger partial charge >= 0.3 is 5.97 Å². The van der Waals surface area contributed by atoms with E-state index in [-0.39, 0.29) is 5.97 Å². The molecule has 84 valence electrons. The van der Waals surface area contributed by atoms with Crippen LogP contribution in [0.25, 0.3) is 6.08 Å². The number of hydrogen-bond donors (Lipinski definition) is 0. The van der Waals surface area contributed by atoms with Gasteiger partial charge in [-0.15, -0.1) is 0 Å². The molecule has 2 rings (SSSR count). The van der Waals surface area contributed by atoms with Crippen LogP contribution in [-0.2, 0) is 0 Å². The van der Waals surface area contributed by atoms with E-state index < -0.39 is 0 Å². The molecular formula is C15H12O2. The average molecular weight is 224 g/mol. The summed E-state index contributed by atoms with van der Waals surface area (Å²) >= 11 is 0. The zero-order valence-corrected chi connectivity index (χ0v) is 9.30. The largest absolute Gasteiger partial charge is 0.423 e. The molecule has 0 radical (unpaired) electrons. The van der Waals surface area contributed by atoms with Crippen molar-refractivity contribution in [3.63, 3.8) is 0 Å². The van der Waals surface area contributed by atoms with Crippen molar-refractivity contribution in [1.82, 2.24) is 0 Å². The second-order valence-corrected chi connectivity index (χ2v) is 3.53. The first-order valence-corrected chi connectivity index (χ1v) is 5.29. The topological polar surface area (TPSA) is 26.3 Å². The summed E-state index contributed by atoms with van der Waals surface area (Å²) in [5, 5.41) is 0. The summed E-state index contributed by atoms with van der Waals surface area (Å²) in [7, 11) is 0. The van der Waals surface area contributed by atoms with Gasteiger partial charge in [0.2, 0.25) is 0 Å². The van der Waals surface area contributed by atoms with Crippen molar-refractivity contribution in [3.05, 3.63) is 72.3 Å². The summed E-state index contributed by atoms with van der Waals surface area (Å²) in [6.45, 7) is 3.66. The molecule has 0 saturated carbocycles. The van der Waals surface area contributed by atoms with Crippen LogP contribution in [0.5, 0.6) is 5.75 Å². The van der Waals surface area contributed by atoms with E-state index in [1.54, 1.807) is 36.4 Å². The maximum atomic E-state index is 11.8. The van der Waals surface area contributed by atoms with Crippen molar-refractivity contribution < 1.29 is 9.53 Å². The molecule has 0 amide bonds. The minimum Gasteiger partial charge on any atom is -0.423 e. The number of carbonyl (C=O) groups is 1. The molecule has 2 heteroatoms. The summed E-state index contributed by atoms with van der Waals surface area (Å²) in [5.41, 5.74) is 1.42. The lowest BCUT2D eigenvalue weighted by Crippen LogP contribution is -2.08. The Balaban J connectivity index is 2.17. The van der Waals surface area contributed by atoms with Gasteiger partial charge in [0.25, 0.3) is 0 Å². The molecule has 0 spiro atoms. The zero-order chi connectivity index (χ0) is 12.1. The van der Waals surface area contributed by atoms with Crippen molar-refractivity contribution in [2.45, 2.75) is 0 Å². The Morgan fingerprint density at radius 2 is 1.82 bits per heavy atom. The fourth-order valence-electron chi connectivity index (χ4n) is 1.45. The van der Waals surface area contributed by atoms with Crippen molar-refractivity contribution in [3.8, 4) is 5.75 Å². The lowest BCUT2D eigenvalue weighted by Gasteiger charge is -2.04. The highest BCUT2D eigenvalue weighted by Crippen LogP contribution is 2.13. The molecule has 0 bridgehead atoms. The molecule has 0 atom stereocenters. The quantitative estimate of drug-likeness (QED) is 0.588. The molecule has 0 unspecified atom stereocenters. The smallest absolute Gasteiger partial charge is 0.343 e. The Bertz CT molecular complexity index is 530. The average Bonchev–Trinajstić information content (AvgIpc) is 2.40. The van der Waals surface area contributed by atoms with Crippen molar-refractivity contribution in [2.24, 2.45) is 0 Å². The standard InChI is InChI=1S/C15H12O2/c1-2-12-7-6-8-13(11-12)15(16)17-14-9-4-3-5-10-14/h2-11H,1H2. The van der Waals surface area contributed by atoms with Gasteiger partial charge in [0.05, 0.1) is 5.56 Å². The number of esters is 1. The van der Waals surface area contributed by atoms with Gasteiger partial charge in [-0.05, 0) is 29.8 Å². The maximum absolute atomic E-state index is 11.8. The highest BCUT2D eigenvalue weighted by molar-refractivity contribution is 5.91. The summed E-state index contributed by atoms with van der Waals surface area (Å²) < 4.78 is 5.23. The molecule has 0 fully saturated rings. The third-order valence-corrected chi connectivity index (χ3v) is 2.31. The van der Waals surface area contributed by atoms with Gasteiger partial charge in [0, 0.05) is 0 Å². The number of ether oxygens (including phenoxy) is 1. The third kappa shape index (κ3) is 2.82. The summed E-state index contributed by atoms with van der Waals surface area (Å²) in [6, 6.07) is 16.2. The van der Waals surface area contributed by atoms with Gasteiger partial charge in [-0.3, -0.25) is 0 Å². The molecule has 2 aromatic carbocycles. The zero-order valence-electron chi connectivity index (χ0n) is 9.30. The van der Waals surface area contributed by atoms with Crippen LogP contribution in [0.3, 0.4) is 0 Å². The van der Waals surface area contributed by atoms with Gasteiger partial charge in [-0.1, -0.05) is 43.0 Å². The van der Waals surface area contributed by atoms with Crippen LogP contribution in [0.2, 0.25) is 0 Å². The van der Waals surface area contributed by atoms with Gasteiger partial charge in [0.1, 0.15) is 5.75 Å². The monoisotopic (exact) mass is 224 g/mol. The second-order valence-electron chi connectivity index (χ2n) is 3.53. The van der Waals surface area contributed by atoms with Gasteiger partial charge in [-0.25, -0.2) is 4.79 Å². The predicted molar refractivity (Wildman–Crippen MR) is 67.9 cm³/mol. The van der Waals surface area contributed by atoms with E-state index in [0.29, 0.717) is 11.3 Å². The molecule has 0 N–H and O–H groups in total. The molecule has 17 heavy (non-hydrogen) atoms. The lowest BCUT2D eigenvalue weighted by molar-refractivity contribution is 0.0735. The molecule has 0 aromatic heterocycles. The highest BCUT2D eigenvalue weighted by atomic mass is 16.5. The van der Waals surface area contributed by atoms with E-state index in [0.717, 1.165) is 5.56 Å². The van der Waals surface area contributed by atoms with Gasteiger partial charge < -0.3 is 4.74 Å². The number of hydrogen-bond acceptors (Lipinski definition) is 2. The highest BCUT2D eigenvalue weighted by Gasteiger charge is 2.07. The van der Waals surface area contributed by atoms with Crippen LogP contribution in [0.1, 0.15) is 15.9 Å². The van der Waals surface area contributed by atoms with Crippen LogP contribution in [0.4, 0.5) is 0 Å². The van der Waals surface area contributed by atoms with E-state index in [1.165, 1.54) is 0 Å². The molecule has 0 aliphatic carbocycles. The summed E-state index contributed by atoms with van der Waals surface area (Å²) in [4.78, 5) is 11.8. The molecule has 0 aliphatic heterocycles. The van der Waals surface area contributed by atoms with Gasteiger partial charge in [-0.2, -0.15) is 0 Å². The minimum absolute atomic E-state index is 0.361. The van der Waals surface area contributed by atoms with E-state index in [4.69, 9.17) is 4.74 Å². The van der Waals surface area contributed by atoms with E-state index in [1.807, 2.05) is 24.3 Å². The predicted octanol–water partition coefficient (Wildman–Crippen LogP) is 3.55. The van der Waals surface area contributed by atoms with Crippen LogP contribution in [0, 0.1) is 0 Å². The first kappa shape index (κ1) is 11.1. The summed E-state index contributed by atoms with van der Waals surface area (Å²) in [5.74, 6) is 0.182. The Hall–Kier alpha value is -2.35. The molecule has 0 saturated heterocycles. The lowest BCUT2D eigenvalue weighted by atomic mass is 10.1. The Morgan fingerprint density at radius 3 is 2.53 bits per heavy atom. The Kier molecular flexibility index (Phi) is 3.36. The van der Waals surface area contributed by atoms with Crippen molar-refractivity contribution in [1.29, 1.82) is 0 Å². The maximum Gasteiger partial charge on any atom is 0.343 e. The second kappa shape index (κ2) is 5.12. The van der Waals surface area contributed by atoms with Crippen LogP contribution in [-0.4, -0.2) is 5.97 Å². The number of carbonyl (C=O) groups excluding carboxylic acids is 1. The van der Waals surface area contributed by atoms with E-state index in [2.05, 4.69) is 6.58 Å². The van der Waals surface area contributed by atoms with Crippen molar-refractivity contribution >= 4 is 12.0 Å². The molecular weight excluding hydrogens is 212 g/mol. The number of benzene rings is 2. The third-order valence-electron chi connectivity index (χ3n) is 2.31. The van der Waals surface area contributed by atoms with Crippen LogP contribution in [0.15, 0.2) is 61.2 Å². The number of rotatable bonds is 3. The Labute approximate surface area is 100 Å².